The van der Waals surface area contributed by atoms with Crippen LogP contribution in [-0.2, 0) is 6.54 Å². The lowest BCUT2D eigenvalue weighted by atomic mass is 10.0. The third kappa shape index (κ3) is 3.31. The van der Waals surface area contributed by atoms with Crippen LogP contribution in [0.1, 0.15) is 24.3 Å². The number of benzene rings is 1. The third-order valence-corrected chi connectivity index (χ3v) is 4.28. The van der Waals surface area contributed by atoms with Crippen molar-refractivity contribution in [3.8, 4) is 11.3 Å². The van der Waals surface area contributed by atoms with Crippen molar-refractivity contribution in [1.29, 1.82) is 0 Å². The zero-order valence-corrected chi connectivity index (χ0v) is 11.7. The van der Waals surface area contributed by atoms with Crippen molar-refractivity contribution in [1.82, 2.24) is 10.3 Å². The molecule has 1 N–H and O–H groups in total. The second-order valence-electron chi connectivity index (χ2n) is 4.85. The van der Waals surface area contributed by atoms with E-state index in [0.29, 0.717) is 6.04 Å². The van der Waals surface area contributed by atoms with Gasteiger partial charge in [-0.05, 0) is 19.3 Å². The van der Waals surface area contributed by atoms with E-state index in [4.69, 9.17) is 4.98 Å². The fourth-order valence-electron chi connectivity index (χ4n) is 2.34. The first-order valence-electron chi connectivity index (χ1n) is 6.80. The van der Waals surface area contributed by atoms with Crippen molar-refractivity contribution in [2.45, 2.75) is 31.8 Å². The molecule has 0 fully saturated rings. The second kappa shape index (κ2) is 6.13. The maximum absolute atomic E-state index is 4.70. The van der Waals surface area contributed by atoms with Gasteiger partial charge in [-0.2, -0.15) is 0 Å². The van der Waals surface area contributed by atoms with Crippen LogP contribution in [0.15, 0.2) is 47.9 Å². The van der Waals surface area contributed by atoms with Crippen LogP contribution in [0.4, 0.5) is 0 Å². The Morgan fingerprint density at radius 1 is 1.21 bits per heavy atom. The van der Waals surface area contributed by atoms with Crippen molar-refractivity contribution in [2.75, 3.05) is 0 Å². The van der Waals surface area contributed by atoms with Gasteiger partial charge in [0.05, 0.1) is 5.69 Å². The van der Waals surface area contributed by atoms with Crippen LogP contribution in [0.5, 0.6) is 0 Å². The minimum atomic E-state index is 0.620. The standard InChI is InChI=1S/C16H18N2S/c1-3-7-13(8-4-1)15-12-19-16(18-15)11-17-14-9-5-2-6-10-14/h1-5,7-8,12,14,17H,6,9-11H2. The van der Waals surface area contributed by atoms with Gasteiger partial charge in [-0.25, -0.2) is 4.98 Å². The van der Waals surface area contributed by atoms with Crippen LogP contribution >= 0.6 is 11.3 Å². The molecule has 19 heavy (non-hydrogen) atoms. The molecule has 3 heteroatoms. The minimum absolute atomic E-state index is 0.620. The van der Waals surface area contributed by atoms with E-state index in [0.717, 1.165) is 18.7 Å². The van der Waals surface area contributed by atoms with Gasteiger partial charge in [0, 0.05) is 23.5 Å². The van der Waals surface area contributed by atoms with Crippen molar-refractivity contribution >= 4 is 11.3 Å². The van der Waals surface area contributed by atoms with Crippen LogP contribution in [0.3, 0.4) is 0 Å². The van der Waals surface area contributed by atoms with Crippen LogP contribution < -0.4 is 5.32 Å². The van der Waals surface area contributed by atoms with Crippen LogP contribution in [0.25, 0.3) is 11.3 Å². The SMILES string of the molecule is C1=CCC(NCc2nc(-c3ccccc3)cs2)CC1. The number of allylic oxidation sites excluding steroid dienone is 1. The smallest absolute Gasteiger partial charge is 0.107 e. The average Bonchev–Trinajstić information content (AvgIpc) is 2.96. The topological polar surface area (TPSA) is 24.9 Å². The molecule has 2 aromatic rings. The molecule has 0 amide bonds. The first-order chi connectivity index (χ1) is 9.42. The summed E-state index contributed by atoms with van der Waals surface area (Å²) in [5, 5.41) is 6.92. The lowest BCUT2D eigenvalue weighted by Gasteiger charge is -2.18. The molecule has 1 aromatic carbocycles. The molecule has 2 nitrogen and oxygen atoms in total. The normalized spacial score (nSPS) is 18.6. The summed E-state index contributed by atoms with van der Waals surface area (Å²) in [7, 11) is 0. The average molecular weight is 270 g/mol. The van der Waals surface area contributed by atoms with Gasteiger partial charge in [-0.1, -0.05) is 42.5 Å². The fourth-order valence-corrected chi connectivity index (χ4v) is 3.10. The molecular formula is C16H18N2S. The van der Waals surface area contributed by atoms with E-state index in [1.54, 1.807) is 11.3 Å². The maximum atomic E-state index is 4.70. The minimum Gasteiger partial charge on any atom is -0.307 e. The largest absolute Gasteiger partial charge is 0.307 e. The van der Waals surface area contributed by atoms with E-state index in [1.807, 2.05) is 6.07 Å². The van der Waals surface area contributed by atoms with Gasteiger partial charge in [-0.3, -0.25) is 0 Å². The van der Waals surface area contributed by atoms with E-state index >= 15 is 0 Å². The Morgan fingerprint density at radius 2 is 2.11 bits per heavy atom. The lowest BCUT2D eigenvalue weighted by Crippen LogP contribution is -2.29. The number of aromatic nitrogens is 1. The van der Waals surface area contributed by atoms with Crippen LogP contribution in [0.2, 0.25) is 0 Å². The molecule has 98 valence electrons. The number of thiazole rings is 1. The first kappa shape index (κ1) is 12.6. The number of rotatable bonds is 4. The highest BCUT2D eigenvalue weighted by Crippen LogP contribution is 2.21. The zero-order chi connectivity index (χ0) is 12.9. The van der Waals surface area contributed by atoms with E-state index in [1.165, 1.54) is 23.4 Å². The number of nitrogens with one attached hydrogen (secondary N) is 1. The molecule has 1 heterocycles. The van der Waals surface area contributed by atoms with Crippen molar-refractivity contribution in [3.05, 3.63) is 52.9 Å². The molecule has 1 atom stereocenters. The van der Waals surface area contributed by atoms with Gasteiger partial charge in [0.15, 0.2) is 0 Å². The maximum Gasteiger partial charge on any atom is 0.107 e. The summed E-state index contributed by atoms with van der Waals surface area (Å²) in [5.41, 5.74) is 2.29. The Morgan fingerprint density at radius 3 is 2.89 bits per heavy atom. The summed E-state index contributed by atoms with van der Waals surface area (Å²) >= 11 is 1.74. The Balaban J connectivity index is 1.60. The summed E-state index contributed by atoms with van der Waals surface area (Å²) in [6.07, 6.45) is 8.14. The van der Waals surface area contributed by atoms with Crippen molar-refractivity contribution in [2.24, 2.45) is 0 Å². The number of hydrogen-bond donors (Lipinski definition) is 1. The Hall–Kier alpha value is -1.45. The summed E-state index contributed by atoms with van der Waals surface area (Å²) in [4.78, 5) is 4.70. The predicted molar refractivity (Wildman–Crippen MR) is 81.2 cm³/mol. The molecule has 0 aliphatic heterocycles. The van der Waals surface area contributed by atoms with Gasteiger partial charge in [0.1, 0.15) is 5.01 Å². The number of hydrogen-bond acceptors (Lipinski definition) is 3. The monoisotopic (exact) mass is 270 g/mol. The van der Waals surface area contributed by atoms with Crippen LogP contribution in [-0.4, -0.2) is 11.0 Å². The molecule has 0 spiro atoms. The predicted octanol–water partition coefficient (Wildman–Crippen LogP) is 4.01. The Kier molecular flexibility index (Phi) is 4.06. The highest BCUT2D eigenvalue weighted by atomic mass is 32.1. The van der Waals surface area contributed by atoms with Gasteiger partial charge < -0.3 is 5.32 Å². The quantitative estimate of drug-likeness (QED) is 0.849. The molecule has 0 saturated carbocycles. The van der Waals surface area contributed by atoms with E-state index in [2.05, 4.69) is 47.1 Å². The highest BCUT2D eigenvalue weighted by molar-refractivity contribution is 7.09. The summed E-state index contributed by atoms with van der Waals surface area (Å²) in [6, 6.07) is 11.0. The second-order valence-corrected chi connectivity index (χ2v) is 5.80. The third-order valence-electron chi connectivity index (χ3n) is 3.43. The summed E-state index contributed by atoms with van der Waals surface area (Å²) in [5.74, 6) is 0. The fraction of sp³-hybridized carbons (Fsp3) is 0.312. The van der Waals surface area contributed by atoms with E-state index < -0.39 is 0 Å². The molecule has 3 rings (SSSR count). The van der Waals surface area contributed by atoms with Gasteiger partial charge in [0.25, 0.3) is 0 Å². The molecule has 1 unspecified atom stereocenters. The number of nitrogens with zero attached hydrogens (tertiary/aromatic N) is 1. The molecule has 1 aliphatic carbocycles. The Bertz CT molecular complexity index is 545. The summed E-state index contributed by atoms with van der Waals surface area (Å²) in [6.45, 7) is 0.885. The molecule has 0 saturated heterocycles. The van der Waals surface area contributed by atoms with Crippen molar-refractivity contribution < 1.29 is 0 Å². The van der Waals surface area contributed by atoms with Gasteiger partial charge >= 0.3 is 0 Å². The van der Waals surface area contributed by atoms with Crippen LogP contribution in [0, 0.1) is 0 Å². The van der Waals surface area contributed by atoms with Crippen molar-refractivity contribution in [3.63, 3.8) is 0 Å². The molecular weight excluding hydrogens is 252 g/mol. The van der Waals surface area contributed by atoms with Gasteiger partial charge in [0.2, 0.25) is 0 Å². The Labute approximate surface area is 118 Å². The zero-order valence-electron chi connectivity index (χ0n) is 10.9. The first-order valence-corrected chi connectivity index (χ1v) is 7.68. The lowest BCUT2D eigenvalue weighted by molar-refractivity contribution is 0.474. The van der Waals surface area contributed by atoms with Gasteiger partial charge in [-0.15, -0.1) is 11.3 Å². The van der Waals surface area contributed by atoms with E-state index in [9.17, 15) is 0 Å². The molecule has 0 bridgehead atoms. The molecule has 1 aromatic heterocycles. The van der Waals surface area contributed by atoms with E-state index in [-0.39, 0.29) is 0 Å². The highest BCUT2D eigenvalue weighted by Gasteiger charge is 2.10. The molecule has 1 aliphatic rings. The summed E-state index contributed by atoms with van der Waals surface area (Å²) < 4.78 is 0. The molecule has 0 radical (unpaired) electrons.